The van der Waals surface area contributed by atoms with Crippen LogP contribution in [0.1, 0.15) is 76.1 Å². The minimum atomic E-state index is -0.191. The van der Waals surface area contributed by atoms with E-state index in [-0.39, 0.29) is 23.6 Å². The Bertz CT molecular complexity index is 954. The van der Waals surface area contributed by atoms with Crippen molar-refractivity contribution in [1.82, 2.24) is 15.2 Å². The number of aromatic amines is 1. The van der Waals surface area contributed by atoms with Crippen LogP contribution in [0.25, 0.3) is 0 Å². The van der Waals surface area contributed by atoms with Crippen LogP contribution >= 0.6 is 0 Å². The fourth-order valence-corrected chi connectivity index (χ4v) is 4.23. The first-order chi connectivity index (χ1) is 14.8. The molecule has 1 aromatic carbocycles. The Labute approximate surface area is 183 Å². The molecule has 2 amide bonds. The molecule has 166 valence electrons. The number of carbonyl (C=O) groups is 3. The minimum absolute atomic E-state index is 0.00723. The van der Waals surface area contributed by atoms with E-state index in [2.05, 4.69) is 10.3 Å². The molecule has 0 spiro atoms. The second-order valence-electron chi connectivity index (χ2n) is 7.89. The molecule has 0 unspecified atom stereocenters. The number of H-pyrrole nitrogens is 1. The number of hydrogen-bond donors (Lipinski definition) is 2. The van der Waals surface area contributed by atoms with Crippen molar-refractivity contribution in [2.24, 2.45) is 0 Å². The summed E-state index contributed by atoms with van der Waals surface area (Å²) in [6.07, 6.45) is 1.99. The van der Waals surface area contributed by atoms with Gasteiger partial charge in [0, 0.05) is 36.0 Å². The maximum Gasteiger partial charge on any atom is 0.268 e. The molecule has 7 nitrogen and oxygen atoms in total. The van der Waals surface area contributed by atoms with E-state index in [0.717, 1.165) is 17.0 Å². The van der Waals surface area contributed by atoms with Crippen LogP contribution in [0.5, 0.6) is 5.75 Å². The molecule has 0 atom stereocenters. The smallest absolute Gasteiger partial charge is 0.268 e. The van der Waals surface area contributed by atoms with Crippen molar-refractivity contribution in [2.45, 2.75) is 53.0 Å². The lowest BCUT2D eigenvalue weighted by atomic mass is 10.0. The maximum absolute atomic E-state index is 12.9. The van der Waals surface area contributed by atoms with Gasteiger partial charge in [-0.1, -0.05) is 6.92 Å². The van der Waals surface area contributed by atoms with Crippen molar-refractivity contribution in [2.75, 3.05) is 19.7 Å². The number of aromatic nitrogens is 1. The van der Waals surface area contributed by atoms with Crippen LogP contribution in [0.3, 0.4) is 0 Å². The van der Waals surface area contributed by atoms with E-state index in [4.69, 9.17) is 4.74 Å². The first-order valence-corrected chi connectivity index (χ1v) is 10.9. The minimum Gasteiger partial charge on any atom is -0.494 e. The molecule has 0 radical (unpaired) electrons. The second kappa shape index (κ2) is 9.81. The van der Waals surface area contributed by atoms with E-state index >= 15 is 0 Å². The highest BCUT2D eigenvalue weighted by Gasteiger charge is 2.27. The van der Waals surface area contributed by atoms with Crippen LogP contribution in [0.15, 0.2) is 24.3 Å². The number of nitrogens with zero attached hydrogens (tertiary/aromatic N) is 1. The van der Waals surface area contributed by atoms with E-state index in [1.807, 2.05) is 37.8 Å². The highest BCUT2D eigenvalue weighted by atomic mass is 16.5. The predicted octanol–water partition coefficient (Wildman–Crippen LogP) is 3.52. The number of ketones is 1. The number of nitrogens with one attached hydrogen (secondary N) is 2. The summed E-state index contributed by atoms with van der Waals surface area (Å²) in [6.45, 7) is 8.96. The van der Waals surface area contributed by atoms with Crippen LogP contribution in [0, 0.1) is 6.92 Å². The Kier molecular flexibility index (Phi) is 7.15. The lowest BCUT2D eigenvalue weighted by Crippen LogP contribution is -2.46. The van der Waals surface area contributed by atoms with Gasteiger partial charge in [-0.15, -0.1) is 0 Å². The molecule has 2 heterocycles. The Morgan fingerprint density at radius 1 is 1.13 bits per heavy atom. The molecular weight excluding hydrogens is 394 g/mol. The van der Waals surface area contributed by atoms with Crippen LogP contribution < -0.4 is 10.1 Å². The van der Waals surface area contributed by atoms with Gasteiger partial charge in [-0.2, -0.15) is 0 Å². The molecule has 1 aliphatic heterocycles. The SMILES string of the molecule is CCOc1ccc(C(=O)N2CCC(NC(=O)c3[nH]c(C)c(C(C)=O)c3CC)CC2)cc1. The normalized spacial score (nSPS) is 14.4. The number of Topliss-reactive ketones (excluding diaryl/α,β-unsaturated/α-hetero) is 1. The van der Waals surface area contributed by atoms with Crippen molar-refractivity contribution >= 4 is 17.6 Å². The van der Waals surface area contributed by atoms with Crippen molar-refractivity contribution in [3.8, 4) is 5.75 Å². The van der Waals surface area contributed by atoms with Crippen molar-refractivity contribution in [3.05, 3.63) is 52.3 Å². The molecule has 31 heavy (non-hydrogen) atoms. The van der Waals surface area contributed by atoms with Crippen LogP contribution in [0.4, 0.5) is 0 Å². The highest BCUT2D eigenvalue weighted by Crippen LogP contribution is 2.22. The molecule has 0 bridgehead atoms. The topological polar surface area (TPSA) is 91.5 Å². The number of amides is 2. The van der Waals surface area contributed by atoms with Crippen LogP contribution in [0.2, 0.25) is 0 Å². The molecule has 1 aliphatic rings. The zero-order valence-electron chi connectivity index (χ0n) is 18.7. The second-order valence-corrected chi connectivity index (χ2v) is 7.89. The number of likely N-dealkylation sites (tertiary alicyclic amines) is 1. The molecule has 2 N–H and O–H groups in total. The number of hydrogen-bond acceptors (Lipinski definition) is 4. The van der Waals surface area contributed by atoms with E-state index in [1.54, 1.807) is 12.1 Å². The maximum atomic E-state index is 12.9. The van der Waals surface area contributed by atoms with Gasteiger partial charge in [0.15, 0.2) is 5.78 Å². The summed E-state index contributed by atoms with van der Waals surface area (Å²) in [5.41, 5.74) is 3.22. The average molecular weight is 426 g/mol. The molecule has 1 saturated heterocycles. The fourth-order valence-electron chi connectivity index (χ4n) is 4.23. The number of benzene rings is 1. The summed E-state index contributed by atoms with van der Waals surface area (Å²) in [5, 5.41) is 3.07. The van der Waals surface area contributed by atoms with Gasteiger partial charge in [-0.3, -0.25) is 14.4 Å². The third-order valence-electron chi connectivity index (χ3n) is 5.75. The monoisotopic (exact) mass is 425 g/mol. The number of ether oxygens (including phenoxy) is 1. The van der Waals surface area contributed by atoms with Gasteiger partial charge >= 0.3 is 0 Å². The largest absolute Gasteiger partial charge is 0.494 e. The van der Waals surface area contributed by atoms with Crippen molar-refractivity contribution in [1.29, 1.82) is 0 Å². The van der Waals surface area contributed by atoms with Crippen molar-refractivity contribution in [3.63, 3.8) is 0 Å². The number of aryl methyl sites for hydroxylation is 1. The zero-order valence-corrected chi connectivity index (χ0v) is 18.7. The standard InChI is InChI=1S/C24H31N3O4/c1-5-20-21(16(4)28)15(3)25-22(20)23(29)26-18-11-13-27(14-12-18)24(30)17-7-9-19(10-8-17)31-6-2/h7-10,18,25H,5-6,11-14H2,1-4H3,(H,26,29). The van der Waals surface area contributed by atoms with Crippen LogP contribution in [-0.2, 0) is 6.42 Å². The molecule has 1 fully saturated rings. The molecule has 7 heteroatoms. The third kappa shape index (κ3) is 4.98. The summed E-state index contributed by atoms with van der Waals surface area (Å²) in [7, 11) is 0. The fraction of sp³-hybridized carbons (Fsp3) is 0.458. The summed E-state index contributed by atoms with van der Waals surface area (Å²) in [5.74, 6) is 0.515. The van der Waals surface area contributed by atoms with Gasteiger partial charge in [0.2, 0.25) is 0 Å². The molecule has 0 aliphatic carbocycles. The lowest BCUT2D eigenvalue weighted by molar-refractivity contribution is 0.0697. The predicted molar refractivity (Wildman–Crippen MR) is 119 cm³/mol. The third-order valence-corrected chi connectivity index (χ3v) is 5.75. The molecule has 3 rings (SSSR count). The van der Waals surface area contributed by atoms with Gasteiger partial charge in [-0.05, 0) is 69.9 Å². The van der Waals surface area contributed by atoms with E-state index in [0.29, 0.717) is 55.8 Å². The molecule has 1 aromatic heterocycles. The average Bonchev–Trinajstić information content (AvgIpc) is 3.11. The quantitative estimate of drug-likeness (QED) is 0.664. The van der Waals surface area contributed by atoms with Gasteiger partial charge in [0.1, 0.15) is 11.4 Å². The Morgan fingerprint density at radius 3 is 2.32 bits per heavy atom. The Morgan fingerprint density at radius 2 is 1.77 bits per heavy atom. The Balaban J connectivity index is 1.59. The van der Waals surface area contributed by atoms with Gasteiger partial charge in [-0.25, -0.2) is 0 Å². The molecule has 0 saturated carbocycles. The van der Waals surface area contributed by atoms with Gasteiger partial charge in [0.05, 0.1) is 6.61 Å². The highest BCUT2D eigenvalue weighted by molar-refractivity contribution is 6.02. The van der Waals surface area contributed by atoms with Crippen LogP contribution in [-0.4, -0.2) is 53.2 Å². The van der Waals surface area contributed by atoms with E-state index < -0.39 is 0 Å². The summed E-state index contributed by atoms with van der Waals surface area (Å²) in [6, 6.07) is 7.18. The Hall–Kier alpha value is -3.09. The van der Waals surface area contributed by atoms with E-state index in [1.165, 1.54) is 6.92 Å². The number of rotatable bonds is 7. The summed E-state index contributed by atoms with van der Waals surface area (Å²) in [4.78, 5) is 42.5. The number of piperidine rings is 1. The van der Waals surface area contributed by atoms with Crippen molar-refractivity contribution < 1.29 is 19.1 Å². The molecule has 2 aromatic rings. The first kappa shape index (κ1) is 22.6. The molecular formula is C24H31N3O4. The lowest BCUT2D eigenvalue weighted by Gasteiger charge is -2.32. The van der Waals surface area contributed by atoms with Gasteiger partial charge < -0.3 is 19.9 Å². The summed E-state index contributed by atoms with van der Waals surface area (Å²) < 4.78 is 5.43. The number of carbonyl (C=O) groups excluding carboxylic acids is 3. The van der Waals surface area contributed by atoms with Gasteiger partial charge in [0.25, 0.3) is 11.8 Å². The zero-order chi connectivity index (χ0) is 22.5. The first-order valence-electron chi connectivity index (χ1n) is 10.9. The summed E-state index contributed by atoms with van der Waals surface area (Å²) >= 11 is 0. The van der Waals surface area contributed by atoms with E-state index in [9.17, 15) is 14.4 Å².